The molecule has 0 saturated carbocycles. The summed E-state index contributed by atoms with van der Waals surface area (Å²) in [5.74, 6) is -2.00. The standard InChI is InChI=1S/C9H10F2N2O5S/c10-2-1-3-18-9-7(11)4-6(13(14)15)5-8(9)19(12,16)17/h4-5H,1-3H2,(H2,12,16,17). The highest BCUT2D eigenvalue weighted by atomic mass is 32.2. The van der Waals surface area contributed by atoms with Crippen LogP contribution in [0.25, 0.3) is 0 Å². The Morgan fingerprint density at radius 1 is 1.42 bits per heavy atom. The third kappa shape index (κ3) is 3.83. The van der Waals surface area contributed by atoms with Crippen LogP contribution in [0.4, 0.5) is 14.5 Å². The molecular formula is C9H10F2N2O5S. The van der Waals surface area contributed by atoms with Crippen molar-refractivity contribution >= 4 is 15.7 Å². The maximum atomic E-state index is 13.6. The van der Waals surface area contributed by atoms with Crippen LogP contribution in [0, 0.1) is 15.9 Å². The van der Waals surface area contributed by atoms with Gasteiger partial charge in [0.2, 0.25) is 10.0 Å². The topological polar surface area (TPSA) is 113 Å². The highest BCUT2D eigenvalue weighted by Gasteiger charge is 2.24. The van der Waals surface area contributed by atoms with E-state index in [0.29, 0.717) is 12.1 Å². The molecule has 7 nitrogen and oxygen atoms in total. The third-order valence-electron chi connectivity index (χ3n) is 2.04. The molecule has 2 N–H and O–H groups in total. The molecule has 0 aliphatic heterocycles. The SMILES string of the molecule is NS(=O)(=O)c1cc([N+](=O)[O-])cc(F)c1OCCCF. The van der Waals surface area contributed by atoms with Crippen LogP contribution >= 0.6 is 0 Å². The van der Waals surface area contributed by atoms with Crippen LogP contribution < -0.4 is 9.88 Å². The van der Waals surface area contributed by atoms with Gasteiger partial charge in [-0.1, -0.05) is 0 Å². The number of rotatable bonds is 6. The van der Waals surface area contributed by atoms with E-state index in [4.69, 9.17) is 9.88 Å². The van der Waals surface area contributed by atoms with Crippen LogP contribution in [0.2, 0.25) is 0 Å². The fraction of sp³-hybridized carbons (Fsp3) is 0.333. The summed E-state index contributed by atoms with van der Waals surface area (Å²) in [6.07, 6.45) is -0.0829. The van der Waals surface area contributed by atoms with E-state index in [9.17, 15) is 27.3 Å². The summed E-state index contributed by atoms with van der Waals surface area (Å²) in [5.41, 5.74) is -0.778. The predicted molar refractivity (Wildman–Crippen MR) is 60.5 cm³/mol. The molecule has 0 fully saturated rings. The molecule has 19 heavy (non-hydrogen) atoms. The first kappa shape index (κ1) is 15.2. The van der Waals surface area contributed by atoms with E-state index in [0.717, 1.165) is 0 Å². The summed E-state index contributed by atoms with van der Waals surface area (Å²) in [6, 6.07) is 1.09. The van der Waals surface area contributed by atoms with Gasteiger partial charge >= 0.3 is 0 Å². The van der Waals surface area contributed by atoms with E-state index < -0.39 is 43.8 Å². The maximum absolute atomic E-state index is 13.6. The van der Waals surface area contributed by atoms with Gasteiger partial charge in [0.15, 0.2) is 11.6 Å². The van der Waals surface area contributed by atoms with Gasteiger partial charge in [0.1, 0.15) is 4.90 Å². The van der Waals surface area contributed by atoms with Crippen molar-refractivity contribution in [3.8, 4) is 5.75 Å². The van der Waals surface area contributed by atoms with Gasteiger partial charge in [-0.3, -0.25) is 14.5 Å². The lowest BCUT2D eigenvalue weighted by Crippen LogP contribution is -2.15. The number of halogens is 2. The summed E-state index contributed by atoms with van der Waals surface area (Å²) in [4.78, 5) is 8.70. The molecule has 0 unspecified atom stereocenters. The molecule has 0 bridgehead atoms. The average Bonchev–Trinajstić information content (AvgIpc) is 2.29. The Bertz CT molecular complexity index is 591. The van der Waals surface area contributed by atoms with Crippen molar-refractivity contribution in [2.24, 2.45) is 5.14 Å². The Labute approximate surface area is 107 Å². The van der Waals surface area contributed by atoms with Crippen molar-refractivity contribution in [2.75, 3.05) is 13.3 Å². The molecule has 106 valence electrons. The average molecular weight is 296 g/mol. The van der Waals surface area contributed by atoms with Crippen molar-refractivity contribution in [1.29, 1.82) is 0 Å². The third-order valence-corrected chi connectivity index (χ3v) is 2.95. The highest BCUT2D eigenvalue weighted by molar-refractivity contribution is 7.89. The zero-order chi connectivity index (χ0) is 14.6. The van der Waals surface area contributed by atoms with Crippen LogP contribution in [0.3, 0.4) is 0 Å². The van der Waals surface area contributed by atoms with Crippen LogP contribution in [0.5, 0.6) is 5.75 Å². The lowest BCUT2D eigenvalue weighted by molar-refractivity contribution is -0.385. The maximum Gasteiger partial charge on any atom is 0.274 e. The summed E-state index contributed by atoms with van der Waals surface area (Å²) in [7, 11) is -4.41. The fourth-order valence-electron chi connectivity index (χ4n) is 1.24. The van der Waals surface area contributed by atoms with Gasteiger partial charge in [0.05, 0.1) is 24.3 Å². The minimum absolute atomic E-state index is 0.0829. The number of hydrogen-bond donors (Lipinski definition) is 1. The molecule has 1 aromatic rings. The molecule has 0 amide bonds. The van der Waals surface area contributed by atoms with E-state index in [1.165, 1.54) is 0 Å². The normalized spacial score (nSPS) is 11.3. The number of ether oxygens (including phenoxy) is 1. The van der Waals surface area contributed by atoms with E-state index in [2.05, 4.69) is 0 Å². The molecule has 1 rings (SSSR count). The van der Waals surface area contributed by atoms with Gasteiger partial charge in [-0.25, -0.2) is 17.9 Å². The summed E-state index contributed by atoms with van der Waals surface area (Å²) < 4.78 is 52.7. The van der Waals surface area contributed by atoms with Crippen LogP contribution in [-0.2, 0) is 10.0 Å². The molecule has 0 atom stereocenters. The van der Waals surface area contributed by atoms with Crippen LogP contribution in [-0.4, -0.2) is 26.6 Å². The minimum atomic E-state index is -4.41. The molecule has 0 radical (unpaired) electrons. The second-order valence-corrected chi connectivity index (χ2v) is 4.98. The number of nitro groups is 1. The number of hydrogen-bond acceptors (Lipinski definition) is 5. The van der Waals surface area contributed by atoms with Crippen molar-refractivity contribution in [3.63, 3.8) is 0 Å². The molecule has 0 aromatic heterocycles. The van der Waals surface area contributed by atoms with Gasteiger partial charge < -0.3 is 4.74 Å². The number of primary sulfonamides is 1. The summed E-state index contributed by atoms with van der Waals surface area (Å²) >= 11 is 0. The van der Waals surface area contributed by atoms with E-state index >= 15 is 0 Å². The number of non-ortho nitro benzene ring substituents is 1. The molecule has 0 aliphatic carbocycles. The number of sulfonamides is 1. The molecule has 0 spiro atoms. The Kier molecular flexibility index (Phi) is 4.72. The molecule has 0 aliphatic rings. The number of benzene rings is 1. The Morgan fingerprint density at radius 3 is 2.53 bits per heavy atom. The van der Waals surface area contributed by atoms with Crippen molar-refractivity contribution in [1.82, 2.24) is 0 Å². The van der Waals surface area contributed by atoms with E-state index in [-0.39, 0.29) is 13.0 Å². The monoisotopic (exact) mass is 296 g/mol. The van der Waals surface area contributed by atoms with Crippen molar-refractivity contribution in [2.45, 2.75) is 11.3 Å². The smallest absolute Gasteiger partial charge is 0.274 e. The quantitative estimate of drug-likeness (QED) is 0.480. The Balaban J connectivity index is 3.32. The van der Waals surface area contributed by atoms with Crippen molar-refractivity contribution < 1.29 is 26.9 Å². The van der Waals surface area contributed by atoms with E-state index in [1.807, 2.05) is 0 Å². The van der Waals surface area contributed by atoms with Crippen molar-refractivity contribution in [3.05, 3.63) is 28.1 Å². The van der Waals surface area contributed by atoms with E-state index in [1.54, 1.807) is 0 Å². The zero-order valence-corrected chi connectivity index (χ0v) is 10.3. The Morgan fingerprint density at radius 2 is 2.05 bits per heavy atom. The van der Waals surface area contributed by atoms with Crippen LogP contribution in [0.15, 0.2) is 17.0 Å². The number of alkyl halides is 1. The lowest BCUT2D eigenvalue weighted by atomic mass is 10.3. The number of nitrogens with two attached hydrogens (primary N) is 1. The predicted octanol–water partition coefficient (Wildman–Crippen LogP) is 1.12. The zero-order valence-electron chi connectivity index (χ0n) is 9.51. The van der Waals surface area contributed by atoms with Gasteiger partial charge in [-0.2, -0.15) is 0 Å². The first-order chi connectivity index (χ1) is 8.77. The lowest BCUT2D eigenvalue weighted by Gasteiger charge is -2.10. The van der Waals surface area contributed by atoms with Gasteiger partial charge in [0.25, 0.3) is 5.69 Å². The highest BCUT2D eigenvalue weighted by Crippen LogP contribution is 2.31. The minimum Gasteiger partial charge on any atom is -0.489 e. The molecule has 0 heterocycles. The Hall–Kier alpha value is -1.81. The molecule has 10 heteroatoms. The summed E-state index contributed by atoms with van der Waals surface area (Å²) in [6.45, 7) is -1.02. The second kappa shape index (κ2) is 5.89. The van der Waals surface area contributed by atoms with Gasteiger partial charge in [-0.15, -0.1) is 0 Å². The number of nitrogens with zero attached hydrogens (tertiary/aromatic N) is 1. The number of nitro benzene ring substituents is 1. The summed E-state index contributed by atoms with van der Waals surface area (Å²) in [5, 5.41) is 15.3. The molecule has 1 aromatic carbocycles. The second-order valence-electron chi connectivity index (χ2n) is 3.45. The first-order valence-corrected chi connectivity index (χ1v) is 6.51. The largest absolute Gasteiger partial charge is 0.489 e. The fourth-order valence-corrected chi connectivity index (χ4v) is 1.94. The molecule has 0 saturated heterocycles. The van der Waals surface area contributed by atoms with Crippen LogP contribution in [0.1, 0.15) is 6.42 Å². The van der Waals surface area contributed by atoms with Gasteiger partial charge in [0, 0.05) is 12.5 Å². The molecular weight excluding hydrogens is 286 g/mol. The first-order valence-electron chi connectivity index (χ1n) is 4.97. The van der Waals surface area contributed by atoms with Gasteiger partial charge in [-0.05, 0) is 0 Å².